The van der Waals surface area contributed by atoms with E-state index >= 15 is 0 Å². The number of fused-ring (bicyclic) bond motifs is 4. The van der Waals surface area contributed by atoms with Gasteiger partial charge in [0.2, 0.25) is 0 Å². The minimum absolute atomic E-state index is 0.131. The van der Waals surface area contributed by atoms with Crippen molar-refractivity contribution >= 4 is 43.8 Å². The minimum Gasteiger partial charge on any atom is -0.391 e. The maximum atomic E-state index is 13.8. The van der Waals surface area contributed by atoms with Crippen molar-refractivity contribution in [2.45, 2.75) is 6.92 Å². The van der Waals surface area contributed by atoms with E-state index in [9.17, 15) is 9.90 Å². The molecular weight excluding hydrogens is 446 g/mol. The van der Waals surface area contributed by atoms with E-state index in [4.69, 9.17) is 10.1 Å². The highest BCUT2D eigenvalue weighted by Gasteiger charge is 2.24. The molecule has 0 unspecified atom stereocenters. The molecule has 0 radical (unpaired) electrons. The number of aromatic nitrogens is 3. The van der Waals surface area contributed by atoms with E-state index in [1.807, 2.05) is 23.6 Å². The van der Waals surface area contributed by atoms with Crippen molar-refractivity contribution in [2.24, 2.45) is 0 Å². The molecule has 34 heavy (non-hydrogen) atoms. The van der Waals surface area contributed by atoms with Crippen molar-refractivity contribution in [3.05, 3.63) is 69.8 Å². The number of hydrogen-bond donors (Lipinski definition) is 2. The van der Waals surface area contributed by atoms with Gasteiger partial charge >= 0.3 is 0 Å². The summed E-state index contributed by atoms with van der Waals surface area (Å²) in [6.07, 6.45) is 0. The fourth-order valence-corrected chi connectivity index (χ4v) is 5.83. The van der Waals surface area contributed by atoms with Gasteiger partial charge < -0.3 is 14.9 Å². The van der Waals surface area contributed by atoms with Crippen molar-refractivity contribution in [3.63, 3.8) is 0 Å². The molecule has 5 aromatic rings. The van der Waals surface area contributed by atoms with E-state index in [0.717, 1.165) is 65.3 Å². The molecule has 0 amide bonds. The number of thiophene rings is 1. The molecule has 3 aromatic heterocycles. The van der Waals surface area contributed by atoms with Gasteiger partial charge in [-0.1, -0.05) is 54.1 Å². The molecule has 2 N–H and O–H groups in total. The van der Waals surface area contributed by atoms with Crippen LogP contribution < -0.4 is 15.4 Å². The van der Waals surface area contributed by atoms with Crippen LogP contribution in [-0.4, -0.2) is 59.0 Å². The second-order valence-electron chi connectivity index (χ2n) is 8.93. The van der Waals surface area contributed by atoms with Crippen molar-refractivity contribution in [3.8, 4) is 11.1 Å². The number of benzene rings is 2. The Bertz CT molecular complexity index is 1570. The van der Waals surface area contributed by atoms with Crippen LogP contribution in [0.5, 0.6) is 0 Å². The first kappa shape index (κ1) is 21.2. The largest absolute Gasteiger partial charge is 0.391 e. The maximum absolute atomic E-state index is 13.8. The number of nitrogens with zero attached hydrogens (tertiary/aromatic N) is 4. The van der Waals surface area contributed by atoms with Crippen LogP contribution in [-0.2, 0) is 0 Å². The summed E-state index contributed by atoms with van der Waals surface area (Å²) in [4.78, 5) is 23.2. The molecular formula is C26H26N5O2S+. The first-order valence-electron chi connectivity index (χ1n) is 11.6. The van der Waals surface area contributed by atoms with Gasteiger partial charge in [0.05, 0.1) is 38.2 Å². The van der Waals surface area contributed by atoms with Gasteiger partial charge in [-0.3, -0.25) is 4.79 Å². The number of piperazine rings is 1. The number of nitrogens with one attached hydrogen (secondary N) is 1. The Hall–Kier alpha value is -3.33. The molecule has 6 rings (SSSR count). The monoisotopic (exact) mass is 472 g/mol. The number of aliphatic hydroxyl groups excluding tert-OH is 1. The summed E-state index contributed by atoms with van der Waals surface area (Å²) in [6.45, 7) is 6.55. The Kier molecular flexibility index (Phi) is 5.28. The lowest BCUT2D eigenvalue weighted by Gasteiger charge is -2.33. The van der Waals surface area contributed by atoms with Crippen molar-refractivity contribution < 1.29 is 10.0 Å². The predicted octanol–water partition coefficient (Wildman–Crippen LogP) is 2.13. The highest BCUT2D eigenvalue weighted by Crippen LogP contribution is 2.33. The second-order valence-corrected chi connectivity index (χ2v) is 9.79. The van der Waals surface area contributed by atoms with Gasteiger partial charge in [-0.15, -0.1) is 16.4 Å². The molecule has 1 saturated heterocycles. The summed E-state index contributed by atoms with van der Waals surface area (Å²) in [6, 6.07) is 16.3. The standard InChI is InChI=1S/C26H25N5O2S/c1-17-6-8-18(9-7-17)21-16-34-25-22(21)26(33)31-23(27-25)19-4-2-3-5-20(19)24(28-31)30-12-10-29(11-13-30)14-15-32/h2-9,16,32H,10-15H2,1H3/p+1. The molecule has 1 aliphatic rings. The second kappa shape index (κ2) is 8.47. The summed E-state index contributed by atoms with van der Waals surface area (Å²) >= 11 is 1.50. The molecule has 1 fully saturated rings. The molecule has 7 nitrogen and oxygen atoms in total. The molecule has 172 valence electrons. The maximum Gasteiger partial charge on any atom is 0.283 e. The van der Waals surface area contributed by atoms with Crippen LogP contribution in [0.2, 0.25) is 0 Å². The molecule has 0 atom stereocenters. The average molecular weight is 473 g/mol. The lowest BCUT2D eigenvalue weighted by atomic mass is 10.0. The lowest BCUT2D eigenvalue weighted by Crippen LogP contribution is -3.15. The van der Waals surface area contributed by atoms with Gasteiger partial charge in [-0.25, -0.2) is 4.98 Å². The smallest absolute Gasteiger partial charge is 0.283 e. The van der Waals surface area contributed by atoms with E-state index < -0.39 is 0 Å². The van der Waals surface area contributed by atoms with E-state index in [0.29, 0.717) is 11.0 Å². The van der Waals surface area contributed by atoms with Gasteiger partial charge in [-0.05, 0) is 12.5 Å². The minimum atomic E-state index is -0.131. The number of aliphatic hydroxyl groups is 1. The zero-order valence-corrected chi connectivity index (χ0v) is 19.8. The van der Waals surface area contributed by atoms with E-state index in [2.05, 4.69) is 42.2 Å². The summed E-state index contributed by atoms with van der Waals surface area (Å²) in [7, 11) is 0. The third-order valence-corrected chi connectivity index (χ3v) is 7.66. The summed E-state index contributed by atoms with van der Waals surface area (Å²) in [5.41, 5.74) is 3.57. The Labute approximate surface area is 200 Å². The summed E-state index contributed by atoms with van der Waals surface area (Å²) in [5, 5.41) is 18.8. The van der Waals surface area contributed by atoms with Gasteiger partial charge in [0.15, 0.2) is 11.5 Å². The Morgan fingerprint density at radius 1 is 1.06 bits per heavy atom. The van der Waals surface area contributed by atoms with Crippen LogP contribution in [0.15, 0.2) is 58.7 Å². The average Bonchev–Trinajstić information content (AvgIpc) is 3.29. The van der Waals surface area contributed by atoms with E-state index in [1.165, 1.54) is 26.3 Å². The Morgan fingerprint density at radius 2 is 1.79 bits per heavy atom. The normalized spacial score (nSPS) is 15.1. The highest BCUT2D eigenvalue weighted by molar-refractivity contribution is 7.17. The Morgan fingerprint density at radius 3 is 2.53 bits per heavy atom. The molecule has 0 spiro atoms. The van der Waals surface area contributed by atoms with Gasteiger partial charge in [-0.2, -0.15) is 4.52 Å². The molecule has 1 aliphatic heterocycles. The van der Waals surface area contributed by atoms with Crippen LogP contribution in [0.25, 0.3) is 37.8 Å². The number of rotatable bonds is 4. The first-order valence-corrected chi connectivity index (χ1v) is 12.5. The first-order chi connectivity index (χ1) is 16.6. The third-order valence-electron chi connectivity index (χ3n) is 6.79. The molecule has 0 saturated carbocycles. The van der Waals surface area contributed by atoms with Crippen LogP contribution in [0.4, 0.5) is 5.82 Å². The zero-order valence-electron chi connectivity index (χ0n) is 19.0. The quantitative estimate of drug-likeness (QED) is 0.392. The van der Waals surface area contributed by atoms with Crippen LogP contribution in [0.1, 0.15) is 5.56 Å². The number of anilines is 1. The van der Waals surface area contributed by atoms with Gasteiger partial charge in [0, 0.05) is 21.7 Å². The van der Waals surface area contributed by atoms with Crippen molar-refractivity contribution in [1.82, 2.24) is 14.6 Å². The molecule has 4 heterocycles. The summed E-state index contributed by atoms with van der Waals surface area (Å²) in [5.74, 6) is 0.821. The number of hydrogen-bond acceptors (Lipinski definition) is 6. The molecule has 2 aromatic carbocycles. The third kappa shape index (κ3) is 3.46. The number of aryl methyl sites for hydroxylation is 1. The van der Waals surface area contributed by atoms with Crippen molar-refractivity contribution in [1.29, 1.82) is 0 Å². The fraction of sp³-hybridized carbons (Fsp3) is 0.269. The van der Waals surface area contributed by atoms with Crippen LogP contribution in [0.3, 0.4) is 0 Å². The zero-order chi connectivity index (χ0) is 23.2. The summed E-state index contributed by atoms with van der Waals surface area (Å²) < 4.78 is 1.50. The van der Waals surface area contributed by atoms with Crippen molar-refractivity contribution in [2.75, 3.05) is 44.2 Å². The highest BCUT2D eigenvalue weighted by atomic mass is 32.1. The van der Waals surface area contributed by atoms with Crippen LogP contribution in [0, 0.1) is 6.92 Å². The van der Waals surface area contributed by atoms with E-state index in [1.54, 1.807) is 0 Å². The topological polar surface area (TPSA) is 75.2 Å². The molecule has 0 bridgehead atoms. The van der Waals surface area contributed by atoms with Gasteiger partial charge in [0.25, 0.3) is 5.56 Å². The van der Waals surface area contributed by atoms with Crippen LogP contribution >= 0.6 is 11.3 Å². The van der Waals surface area contributed by atoms with Gasteiger partial charge in [0.1, 0.15) is 11.4 Å². The molecule has 0 aliphatic carbocycles. The Balaban J connectivity index is 1.56. The molecule has 8 heteroatoms. The fourth-order valence-electron chi connectivity index (χ4n) is 4.89. The SMILES string of the molecule is Cc1ccc(-c2csc3nc4c5ccccc5c(N5CC[NH+](CCO)CC5)nn4c(=O)c23)cc1. The lowest BCUT2D eigenvalue weighted by molar-refractivity contribution is -0.900. The van der Waals surface area contributed by atoms with E-state index in [-0.39, 0.29) is 12.2 Å². The number of quaternary nitrogens is 1. The predicted molar refractivity (Wildman–Crippen MR) is 137 cm³/mol.